The fourth-order valence-corrected chi connectivity index (χ4v) is 3.02. The minimum absolute atomic E-state index is 0.0915. The highest BCUT2D eigenvalue weighted by molar-refractivity contribution is 9.10. The van der Waals surface area contributed by atoms with E-state index in [1.807, 2.05) is 6.07 Å². The minimum atomic E-state index is -0.404. The van der Waals surface area contributed by atoms with Gasteiger partial charge in [0.15, 0.2) is 11.5 Å². The molecule has 17 heavy (non-hydrogen) atoms. The molecule has 0 saturated carbocycles. The zero-order chi connectivity index (χ0) is 12.6. The SMILES string of the molecule is CC(C)c1c(C(N)CO)cc2c(c1Br)OCO2. The summed E-state index contributed by atoms with van der Waals surface area (Å²) in [6, 6.07) is 1.46. The lowest BCUT2D eigenvalue weighted by molar-refractivity contribution is 0.173. The Hall–Kier alpha value is -0.780. The maximum atomic E-state index is 9.22. The van der Waals surface area contributed by atoms with Crippen LogP contribution in [0.4, 0.5) is 0 Å². The summed E-state index contributed by atoms with van der Waals surface area (Å²) in [5, 5.41) is 9.22. The third-order valence-electron chi connectivity index (χ3n) is 2.85. The normalized spacial score (nSPS) is 15.4. The molecule has 0 radical (unpaired) electrons. The van der Waals surface area contributed by atoms with Crippen LogP contribution in [0, 0.1) is 0 Å². The Morgan fingerprint density at radius 1 is 1.47 bits per heavy atom. The second-order valence-electron chi connectivity index (χ2n) is 4.37. The highest BCUT2D eigenvalue weighted by Crippen LogP contribution is 2.46. The Bertz CT molecular complexity index is 434. The molecule has 5 heteroatoms. The van der Waals surface area contributed by atoms with Crippen LogP contribution >= 0.6 is 15.9 Å². The zero-order valence-corrected chi connectivity index (χ0v) is 11.5. The summed E-state index contributed by atoms with van der Waals surface area (Å²) in [7, 11) is 0. The first-order valence-corrected chi connectivity index (χ1v) is 6.33. The van der Waals surface area contributed by atoms with Crippen molar-refractivity contribution in [1.29, 1.82) is 0 Å². The number of halogens is 1. The van der Waals surface area contributed by atoms with Gasteiger partial charge in [-0.3, -0.25) is 0 Å². The molecule has 0 amide bonds. The molecule has 0 aliphatic carbocycles. The van der Waals surface area contributed by atoms with Gasteiger partial charge in [-0.25, -0.2) is 0 Å². The zero-order valence-electron chi connectivity index (χ0n) is 9.87. The lowest BCUT2D eigenvalue weighted by atomic mass is 9.92. The van der Waals surface area contributed by atoms with Crippen molar-refractivity contribution in [3.63, 3.8) is 0 Å². The molecule has 1 aromatic carbocycles. The third kappa shape index (κ3) is 2.14. The van der Waals surface area contributed by atoms with Gasteiger partial charge in [-0.1, -0.05) is 13.8 Å². The molecule has 0 fully saturated rings. The highest BCUT2D eigenvalue weighted by atomic mass is 79.9. The van der Waals surface area contributed by atoms with Crippen molar-refractivity contribution >= 4 is 15.9 Å². The standard InChI is InChI=1S/C12H16BrNO3/c1-6(2)10-7(8(14)4-15)3-9-12(11(10)13)17-5-16-9/h3,6,8,15H,4-5,14H2,1-2H3. The number of hydrogen-bond acceptors (Lipinski definition) is 4. The van der Waals surface area contributed by atoms with Crippen LogP contribution in [0.2, 0.25) is 0 Å². The largest absolute Gasteiger partial charge is 0.454 e. The molecule has 0 spiro atoms. The number of fused-ring (bicyclic) bond motifs is 1. The molecule has 1 aliphatic heterocycles. The average molecular weight is 302 g/mol. The van der Waals surface area contributed by atoms with Gasteiger partial charge < -0.3 is 20.3 Å². The Morgan fingerprint density at radius 3 is 2.76 bits per heavy atom. The van der Waals surface area contributed by atoms with E-state index in [0.29, 0.717) is 5.75 Å². The van der Waals surface area contributed by atoms with Crippen LogP contribution in [0.3, 0.4) is 0 Å². The Balaban J connectivity index is 2.61. The number of nitrogens with two attached hydrogens (primary N) is 1. The van der Waals surface area contributed by atoms with Crippen LogP contribution in [-0.2, 0) is 0 Å². The highest BCUT2D eigenvalue weighted by Gasteiger charge is 2.26. The van der Waals surface area contributed by atoms with Crippen LogP contribution in [0.5, 0.6) is 11.5 Å². The Labute approximate surface area is 109 Å². The van der Waals surface area contributed by atoms with E-state index in [1.165, 1.54) is 0 Å². The number of aliphatic hydroxyl groups is 1. The van der Waals surface area contributed by atoms with E-state index in [2.05, 4.69) is 29.8 Å². The Kier molecular flexibility index (Phi) is 3.61. The van der Waals surface area contributed by atoms with Crippen LogP contribution in [0.15, 0.2) is 10.5 Å². The molecule has 1 aromatic rings. The van der Waals surface area contributed by atoms with Gasteiger partial charge in [-0.15, -0.1) is 0 Å². The molecule has 0 aromatic heterocycles. The predicted octanol–water partition coefficient (Wildman–Crippen LogP) is 2.29. The number of benzene rings is 1. The van der Waals surface area contributed by atoms with Crippen molar-refractivity contribution in [2.24, 2.45) is 5.73 Å². The van der Waals surface area contributed by atoms with Gasteiger partial charge in [0.25, 0.3) is 0 Å². The van der Waals surface area contributed by atoms with Crippen molar-refractivity contribution in [3.05, 3.63) is 21.7 Å². The number of aliphatic hydroxyl groups excluding tert-OH is 1. The second kappa shape index (κ2) is 4.84. The molecular formula is C12H16BrNO3. The maximum absolute atomic E-state index is 9.22. The summed E-state index contributed by atoms with van der Waals surface area (Å²) in [6.07, 6.45) is 0. The van der Waals surface area contributed by atoms with E-state index in [9.17, 15) is 5.11 Å². The molecule has 1 unspecified atom stereocenters. The summed E-state index contributed by atoms with van der Waals surface area (Å²) < 4.78 is 11.7. The molecule has 0 saturated heterocycles. The van der Waals surface area contributed by atoms with Crippen LogP contribution in [0.25, 0.3) is 0 Å². The van der Waals surface area contributed by atoms with Crippen molar-refractivity contribution in [2.45, 2.75) is 25.8 Å². The first-order valence-electron chi connectivity index (χ1n) is 5.54. The molecule has 0 bridgehead atoms. The van der Waals surface area contributed by atoms with Crippen molar-refractivity contribution in [1.82, 2.24) is 0 Å². The van der Waals surface area contributed by atoms with Crippen LogP contribution in [-0.4, -0.2) is 18.5 Å². The average Bonchev–Trinajstić information content (AvgIpc) is 2.75. The van der Waals surface area contributed by atoms with Gasteiger partial charge in [0, 0.05) is 0 Å². The summed E-state index contributed by atoms with van der Waals surface area (Å²) in [6.45, 7) is 4.29. The van der Waals surface area contributed by atoms with Gasteiger partial charge in [0.1, 0.15) is 0 Å². The van der Waals surface area contributed by atoms with Gasteiger partial charge in [-0.2, -0.15) is 0 Å². The van der Waals surface area contributed by atoms with E-state index in [1.54, 1.807) is 0 Å². The van der Waals surface area contributed by atoms with Crippen LogP contribution < -0.4 is 15.2 Å². The van der Waals surface area contributed by atoms with E-state index in [4.69, 9.17) is 15.2 Å². The lowest BCUT2D eigenvalue weighted by Crippen LogP contribution is -2.17. The topological polar surface area (TPSA) is 64.7 Å². The Morgan fingerprint density at radius 2 is 2.18 bits per heavy atom. The van der Waals surface area contributed by atoms with Gasteiger partial charge in [-0.05, 0) is 39.0 Å². The third-order valence-corrected chi connectivity index (χ3v) is 3.64. The van der Waals surface area contributed by atoms with Crippen molar-refractivity contribution in [3.8, 4) is 11.5 Å². The first kappa shape index (κ1) is 12.7. The molecule has 1 heterocycles. The van der Waals surface area contributed by atoms with Gasteiger partial charge in [0.05, 0.1) is 17.1 Å². The molecule has 1 aliphatic rings. The summed E-state index contributed by atoms with van der Waals surface area (Å²) in [5.74, 6) is 1.69. The van der Waals surface area contributed by atoms with Crippen LogP contribution in [0.1, 0.15) is 36.9 Å². The fourth-order valence-electron chi connectivity index (χ4n) is 2.03. The first-order chi connectivity index (χ1) is 8.06. The molecule has 2 rings (SSSR count). The molecule has 94 valence electrons. The van der Waals surface area contributed by atoms with E-state index in [-0.39, 0.29) is 19.3 Å². The molecule has 4 nitrogen and oxygen atoms in total. The van der Waals surface area contributed by atoms with Crippen molar-refractivity contribution in [2.75, 3.05) is 13.4 Å². The van der Waals surface area contributed by atoms with E-state index < -0.39 is 6.04 Å². The fraction of sp³-hybridized carbons (Fsp3) is 0.500. The molecular weight excluding hydrogens is 286 g/mol. The number of hydrogen-bond donors (Lipinski definition) is 2. The smallest absolute Gasteiger partial charge is 0.231 e. The van der Waals surface area contributed by atoms with Gasteiger partial charge >= 0.3 is 0 Å². The monoisotopic (exact) mass is 301 g/mol. The number of rotatable bonds is 3. The predicted molar refractivity (Wildman–Crippen MR) is 68.4 cm³/mol. The summed E-state index contributed by atoms with van der Waals surface area (Å²) >= 11 is 3.54. The molecule has 1 atom stereocenters. The maximum Gasteiger partial charge on any atom is 0.231 e. The summed E-state index contributed by atoms with van der Waals surface area (Å²) in [4.78, 5) is 0. The lowest BCUT2D eigenvalue weighted by Gasteiger charge is -2.20. The molecule has 3 N–H and O–H groups in total. The van der Waals surface area contributed by atoms with E-state index >= 15 is 0 Å². The van der Waals surface area contributed by atoms with Crippen molar-refractivity contribution < 1.29 is 14.6 Å². The number of ether oxygens (including phenoxy) is 2. The summed E-state index contributed by atoms with van der Waals surface area (Å²) in [5.41, 5.74) is 7.90. The van der Waals surface area contributed by atoms with Gasteiger partial charge in [0.2, 0.25) is 6.79 Å². The van der Waals surface area contributed by atoms with E-state index in [0.717, 1.165) is 21.3 Å². The quantitative estimate of drug-likeness (QED) is 0.899. The minimum Gasteiger partial charge on any atom is -0.454 e. The second-order valence-corrected chi connectivity index (χ2v) is 5.16.